The smallest absolute Gasteiger partial charge is 0.120 e. The second-order valence-corrected chi connectivity index (χ2v) is 5.31. The Hall–Kier alpha value is -0.650. The van der Waals surface area contributed by atoms with Crippen LogP contribution in [-0.4, -0.2) is 37.1 Å². The van der Waals surface area contributed by atoms with Crippen LogP contribution in [0.25, 0.3) is 0 Å². The van der Waals surface area contributed by atoms with Gasteiger partial charge in [0.25, 0.3) is 0 Å². The first-order valence-corrected chi connectivity index (χ1v) is 6.57. The molecule has 0 heterocycles. The van der Waals surface area contributed by atoms with Crippen LogP contribution in [0.4, 0.5) is 0 Å². The van der Waals surface area contributed by atoms with Crippen LogP contribution >= 0.6 is 28.1 Å². The van der Waals surface area contributed by atoms with Gasteiger partial charge in [-0.2, -0.15) is 0 Å². The van der Waals surface area contributed by atoms with Crippen molar-refractivity contribution >= 4 is 33.1 Å². The minimum atomic E-state index is 0.385. The molecule has 2 N–H and O–H groups in total. The molecule has 0 bridgehead atoms. The fourth-order valence-corrected chi connectivity index (χ4v) is 2.24. The highest BCUT2D eigenvalue weighted by molar-refractivity contribution is 9.10. The number of benzene rings is 1. The van der Waals surface area contributed by atoms with Gasteiger partial charge in [-0.15, -0.1) is 0 Å². The lowest BCUT2D eigenvalue weighted by molar-refractivity contribution is 0.281. The summed E-state index contributed by atoms with van der Waals surface area (Å²) in [6.45, 7) is 1.73. The van der Waals surface area contributed by atoms with E-state index in [9.17, 15) is 0 Å². The Morgan fingerprint density at radius 3 is 2.71 bits per heavy atom. The Bertz CT molecular complexity index is 396. The van der Waals surface area contributed by atoms with Crippen molar-refractivity contribution in [1.29, 1.82) is 0 Å². The molecule has 3 nitrogen and oxygen atoms in total. The molecule has 0 aliphatic heterocycles. The monoisotopic (exact) mass is 316 g/mol. The SMILES string of the molecule is CN(C)CCCOc1ccc(C(N)=S)c(Br)c1. The van der Waals surface area contributed by atoms with Gasteiger partial charge in [0.15, 0.2) is 0 Å². The standard InChI is InChI=1S/C12H17BrN2OS/c1-15(2)6-3-7-16-9-4-5-10(12(14)17)11(13)8-9/h4-5,8H,3,6-7H2,1-2H3,(H2,14,17). The van der Waals surface area contributed by atoms with Crippen LogP contribution in [0.1, 0.15) is 12.0 Å². The molecule has 0 fully saturated rings. The van der Waals surface area contributed by atoms with Gasteiger partial charge in [0.05, 0.1) is 6.61 Å². The van der Waals surface area contributed by atoms with E-state index in [-0.39, 0.29) is 0 Å². The summed E-state index contributed by atoms with van der Waals surface area (Å²) in [5, 5.41) is 0. The summed E-state index contributed by atoms with van der Waals surface area (Å²) < 4.78 is 6.50. The molecule has 5 heteroatoms. The Labute approximate surface area is 116 Å². The average Bonchev–Trinajstić information content (AvgIpc) is 2.23. The predicted molar refractivity (Wildman–Crippen MR) is 78.7 cm³/mol. The van der Waals surface area contributed by atoms with Crippen molar-refractivity contribution in [2.24, 2.45) is 5.73 Å². The van der Waals surface area contributed by atoms with E-state index in [0.717, 1.165) is 28.8 Å². The van der Waals surface area contributed by atoms with Gasteiger partial charge in [-0.05, 0) is 54.6 Å². The third-order valence-electron chi connectivity index (χ3n) is 2.22. The van der Waals surface area contributed by atoms with Crippen LogP contribution < -0.4 is 10.5 Å². The van der Waals surface area contributed by atoms with Crippen molar-refractivity contribution in [3.05, 3.63) is 28.2 Å². The highest BCUT2D eigenvalue weighted by Crippen LogP contribution is 2.23. The number of thiocarbonyl (C=S) groups is 1. The molecule has 0 amide bonds. The van der Waals surface area contributed by atoms with Gasteiger partial charge in [0.2, 0.25) is 0 Å². The second kappa shape index (κ2) is 6.93. The molecule has 1 aromatic carbocycles. The van der Waals surface area contributed by atoms with Crippen molar-refractivity contribution in [3.63, 3.8) is 0 Å². The minimum Gasteiger partial charge on any atom is -0.494 e. The summed E-state index contributed by atoms with van der Waals surface area (Å²) in [6.07, 6.45) is 1.00. The van der Waals surface area contributed by atoms with E-state index in [4.69, 9.17) is 22.7 Å². The maximum Gasteiger partial charge on any atom is 0.120 e. The Morgan fingerprint density at radius 2 is 2.18 bits per heavy atom. The molecule has 0 aliphatic carbocycles. The van der Waals surface area contributed by atoms with Gasteiger partial charge in [0, 0.05) is 16.6 Å². The zero-order valence-corrected chi connectivity index (χ0v) is 12.5. The number of nitrogens with zero attached hydrogens (tertiary/aromatic N) is 1. The topological polar surface area (TPSA) is 38.5 Å². The van der Waals surface area contributed by atoms with E-state index in [1.54, 1.807) is 0 Å². The Kier molecular flexibility index (Phi) is 5.88. The molecule has 0 unspecified atom stereocenters. The quantitative estimate of drug-likeness (QED) is 0.646. The molecular weight excluding hydrogens is 300 g/mol. The summed E-state index contributed by atoms with van der Waals surface area (Å²) in [6, 6.07) is 5.65. The second-order valence-electron chi connectivity index (χ2n) is 4.01. The largest absolute Gasteiger partial charge is 0.494 e. The van der Waals surface area contributed by atoms with E-state index in [1.807, 2.05) is 32.3 Å². The molecule has 94 valence electrons. The van der Waals surface area contributed by atoms with Crippen molar-refractivity contribution in [2.45, 2.75) is 6.42 Å². The molecule has 0 radical (unpaired) electrons. The number of ether oxygens (including phenoxy) is 1. The summed E-state index contributed by atoms with van der Waals surface area (Å²) in [7, 11) is 4.10. The van der Waals surface area contributed by atoms with E-state index < -0.39 is 0 Å². The predicted octanol–water partition coefficient (Wildman–Crippen LogP) is 2.41. The van der Waals surface area contributed by atoms with Crippen LogP contribution in [0.2, 0.25) is 0 Å². The van der Waals surface area contributed by atoms with E-state index >= 15 is 0 Å². The maximum atomic E-state index is 5.63. The zero-order chi connectivity index (χ0) is 12.8. The van der Waals surface area contributed by atoms with E-state index in [0.29, 0.717) is 11.6 Å². The highest BCUT2D eigenvalue weighted by Gasteiger charge is 2.04. The van der Waals surface area contributed by atoms with Crippen LogP contribution in [0.15, 0.2) is 22.7 Å². The van der Waals surface area contributed by atoms with Crippen LogP contribution in [0.3, 0.4) is 0 Å². The fourth-order valence-electron chi connectivity index (χ4n) is 1.36. The van der Waals surface area contributed by atoms with Crippen molar-refractivity contribution < 1.29 is 4.74 Å². The van der Waals surface area contributed by atoms with Gasteiger partial charge in [-0.1, -0.05) is 12.2 Å². The molecule has 0 aliphatic rings. The first kappa shape index (κ1) is 14.4. The maximum absolute atomic E-state index is 5.63. The lowest BCUT2D eigenvalue weighted by atomic mass is 10.2. The number of hydrogen-bond donors (Lipinski definition) is 1. The summed E-state index contributed by atoms with van der Waals surface area (Å²) in [4.78, 5) is 2.52. The number of rotatable bonds is 6. The van der Waals surface area contributed by atoms with Crippen molar-refractivity contribution in [2.75, 3.05) is 27.2 Å². The lowest BCUT2D eigenvalue weighted by Crippen LogP contribution is -2.15. The lowest BCUT2D eigenvalue weighted by Gasteiger charge is -2.11. The van der Waals surface area contributed by atoms with Crippen LogP contribution in [0.5, 0.6) is 5.75 Å². The summed E-state index contributed by atoms with van der Waals surface area (Å²) in [5.41, 5.74) is 6.41. The molecule has 0 atom stereocenters. The summed E-state index contributed by atoms with van der Waals surface area (Å²) >= 11 is 8.35. The van der Waals surface area contributed by atoms with Gasteiger partial charge < -0.3 is 15.4 Å². The molecule has 0 saturated heterocycles. The minimum absolute atomic E-state index is 0.385. The van der Waals surface area contributed by atoms with Crippen LogP contribution in [-0.2, 0) is 0 Å². The average molecular weight is 317 g/mol. The van der Waals surface area contributed by atoms with Crippen molar-refractivity contribution in [1.82, 2.24) is 4.90 Å². The number of halogens is 1. The first-order valence-electron chi connectivity index (χ1n) is 5.37. The third-order valence-corrected chi connectivity index (χ3v) is 3.10. The Morgan fingerprint density at radius 1 is 1.47 bits per heavy atom. The van der Waals surface area contributed by atoms with E-state index in [1.165, 1.54) is 0 Å². The van der Waals surface area contributed by atoms with Gasteiger partial charge in [-0.3, -0.25) is 0 Å². The highest BCUT2D eigenvalue weighted by atomic mass is 79.9. The van der Waals surface area contributed by atoms with Crippen molar-refractivity contribution in [3.8, 4) is 5.75 Å². The molecule has 0 saturated carbocycles. The first-order chi connectivity index (χ1) is 8.00. The van der Waals surface area contributed by atoms with Gasteiger partial charge in [-0.25, -0.2) is 0 Å². The molecular formula is C12H17BrN2OS. The number of nitrogens with two attached hydrogens (primary N) is 1. The molecule has 17 heavy (non-hydrogen) atoms. The molecule has 0 aromatic heterocycles. The number of hydrogen-bond acceptors (Lipinski definition) is 3. The third kappa shape index (κ3) is 5.02. The van der Waals surface area contributed by atoms with Crippen LogP contribution in [0, 0.1) is 0 Å². The van der Waals surface area contributed by atoms with Gasteiger partial charge in [0.1, 0.15) is 10.7 Å². The Balaban J connectivity index is 2.50. The normalized spacial score (nSPS) is 10.6. The van der Waals surface area contributed by atoms with E-state index in [2.05, 4.69) is 20.8 Å². The summed E-state index contributed by atoms with van der Waals surface area (Å²) in [5.74, 6) is 0.829. The molecule has 1 aromatic rings. The fraction of sp³-hybridized carbons (Fsp3) is 0.417. The molecule has 1 rings (SSSR count). The zero-order valence-electron chi connectivity index (χ0n) is 10.1. The molecule has 0 spiro atoms. The van der Waals surface area contributed by atoms with Gasteiger partial charge >= 0.3 is 0 Å².